The first kappa shape index (κ1) is 15.7. The third-order valence-corrected chi connectivity index (χ3v) is 2.63. The number of carbonyl (C=O) groups excluding carboxylic acids is 2. The van der Waals surface area contributed by atoms with Crippen LogP contribution in [-0.4, -0.2) is 29.0 Å². The summed E-state index contributed by atoms with van der Waals surface area (Å²) in [5, 5.41) is 11.1. The molecule has 6 nitrogen and oxygen atoms in total. The molecule has 1 aromatic carbocycles. The van der Waals surface area contributed by atoms with Gasteiger partial charge in [0.05, 0.1) is 0 Å². The van der Waals surface area contributed by atoms with Gasteiger partial charge in [0.1, 0.15) is 17.9 Å². The molecule has 1 aromatic rings. The average Bonchev–Trinajstić information content (AvgIpc) is 2.38. The monoisotopic (exact) mass is 279 g/mol. The third-order valence-electron chi connectivity index (χ3n) is 2.63. The van der Waals surface area contributed by atoms with E-state index >= 15 is 0 Å². The highest BCUT2D eigenvalue weighted by Gasteiger charge is 2.23. The maximum Gasteiger partial charge on any atom is 0.408 e. The summed E-state index contributed by atoms with van der Waals surface area (Å²) in [6, 6.07) is 7.77. The minimum Gasteiger partial charge on any atom is -0.480 e. The van der Waals surface area contributed by atoms with Gasteiger partial charge >= 0.3 is 12.1 Å². The number of carboxylic acids is 1. The molecule has 2 N–H and O–H groups in total. The van der Waals surface area contributed by atoms with E-state index in [2.05, 4.69) is 5.32 Å². The van der Waals surface area contributed by atoms with Gasteiger partial charge in [0.2, 0.25) is 0 Å². The fraction of sp³-hybridized carbons (Fsp3) is 0.357. The molecule has 6 heteroatoms. The fourth-order valence-electron chi connectivity index (χ4n) is 1.62. The van der Waals surface area contributed by atoms with Gasteiger partial charge in [-0.1, -0.05) is 30.3 Å². The third kappa shape index (κ3) is 5.09. The number of aliphatic carboxylic acids is 1. The zero-order valence-electron chi connectivity index (χ0n) is 11.3. The van der Waals surface area contributed by atoms with E-state index in [0.717, 1.165) is 5.56 Å². The van der Waals surface area contributed by atoms with Crippen molar-refractivity contribution in [2.75, 3.05) is 0 Å². The number of alkyl carbamates (subject to hydrolysis) is 1. The molecule has 0 saturated carbocycles. The lowest BCUT2D eigenvalue weighted by Crippen LogP contribution is -2.42. The topological polar surface area (TPSA) is 92.7 Å². The van der Waals surface area contributed by atoms with Crippen LogP contribution in [0.25, 0.3) is 0 Å². The molecule has 0 aliphatic rings. The van der Waals surface area contributed by atoms with Crippen molar-refractivity contribution < 1.29 is 24.2 Å². The standard InChI is InChI=1S/C14H17NO5/c1-9(16)8-12(13(17)18)15-14(19)20-10(2)11-6-4-3-5-7-11/h3-7,10,12H,8H2,1-2H3,(H,15,19)(H,17,18). The van der Waals surface area contributed by atoms with E-state index in [1.165, 1.54) is 6.92 Å². The molecule has 0 bridgehead atoms. The molecule has 1 rings (SSSR count). The fourth-order valence-corrected chi connectivity index (χ4v) is 1.62. The van der Waals surface area contributed by atoms with Gasteiger partial charge in [-0.05, 0) is 19.4 Å². The Morgan fingerprint density at radius 3 is 2.35 bits per heavy atom. The minimum absolute atomic E-state index is 0.274. The average molecular weight is 279 g/mol. The largest absolute Gasteiger partial charge is 0.480 e. The van der Waals surface area contributed by atoms with E-state index in [0.29, 0.717) is 0 Å². The van der Waals surface area contributed by atoms with Crippen molar-refractivity contribution in [2.24, 2.45) is 0 Å². The van der Waals surface area contributed by atoms with Crippen molar-refractivity contribution in [3.63, 3.8) is 0 Å². The second kappa shape index (κ2) is 7.28. The minimum atomic E-state index is -1.28. The number of nitrogens with one attached hydrogen (secondary N) is 1. The summed E-state index contributed by atoms with van der Waals surface area (Å²) in [4.78, 5) is 33.4. The van der Waals surface area contributed by atoms with Gasteiger partial charge in [0, 0.05) is 6.42 Å². The van der Waals surface area contributed by atoms with Crippen LogP contribution in [0.4, 0.5) is 4.79 Å². The summed E-state index contributed by atoms with van der Waals surface area (Å²) in [5.74, 6) is -1.60. The van der Waals surface area contributed by atoms with Crippen LogP contribution in [0, 0.1) is 0 Å². The number of hydrogen-bond donors (Lipinski definition) is 2. The Hall–Kier alpha value is -2.37. The van der Waals surface area contributed by atoms with E-state index in [1.54, 1.807) is 19.1 Å². The van der Waals surface area contributed by atoms with E-state index in [9.17, 15) is 14.4 Å². The van der Waals surface area contributed by atoms with Crippen LogP contribution in [0.2, 0.25) is 0 Å². The van der Waals surface area contributed by atoms with Crippen molar-refractivity contribution in [3.05, 3.63) is 35.9 Å². The molecule has 0 radical (unpaired) electrons. The molecule has 0 heterocycles. The Kier molecular flexibility index (Phi) is 5.71. The number of ketones is 1. The molecular formula is C14H17NO5. The van der Waals surface area contributed by atoms with Crippen molar-refractivity contribution in [1.82, 2.24) is 5.32 Å². The maximum absolute atomic E-state index is 11.6. The molecule has 0 aromatic heterocycles. The Morgan fingerprint density at radius 1 is 1.25 bits per heavy atom. The molecule has 0 aliphatic carbocycles. The summed E-state index contributed by atoms with van der Waals surface area (Å²) >= 11 is 0. The van der Waals surface area contributed by atoms with Gasteiger partial charge in [-0.15, -0.1) is 0 Å². The number of ether oxygens (including phenoxy) is 1. The van der Waals surface area contributed by atoms with Gasteiger partial charge in [-0.2, -0.15) is 0 Å². The second-order valence-corrected chi connectivity index (χ2v) is 4.40. The summed E-state index contributed by atoms with van der Waals surface area (Å²) < 4.78 is 5.07. The number of carbonyl (C=O) groups is 3. The Morgan fingerprint density at radius 2 is 1.85 bits per heavy atom. The maximum atomic E-state index is 11.6. The summed E-state index contributed by atoms with van der Waals surface area (Å²) in [6.45, 7) is 2.94. The molecule has 2 atom stereocenters. The van der Waals surface area contributed by atoms with E-state index < -0.39 is 24.2 Å². The molecule has 0 fully saturated rings. The first-order valence-corrected chi connectivity index (χ1v) is 6.14. The highest BCUT2D eigenvalue weighted by atomic mass is 16.6. The highest BCUT2D eigenvalue weighted by molar-refractivity contribution is 5.87. The number of amides is 1. The number of carboxylic acid groups (broad SMARTS) is 1. The zero-order valence-corrected chi connectivity index (χ0v) is 11.3. The van der Waals surface area contributed by atoms with Crippen LogP contribution in [-0.2, 0) is 14.3 Å². The van der Waals surface area contributed by atoms with Crippen LogP contribution < -0.4 is 5.32 Å². The van der Waals surface area contributed by atoms with Crippen LogP contribution in [0.1, 0.15) is 31.9 Å². The summed E-state index contributed by atoms with van der Waals surface area (Å²) in [5.41, 5.74) is 0.793. The second-order valence-electron chi connectivity index (χ2n) is 4.40. The Bertz CT molecular complexity index is 486. The van der Waals surface area contributed by atoms with Crippen molar-refractivity contribution >= 4 is 17.8 Å². The number of benzene rings is 1. The number of rotatable bonds is 6. The van der Waals surface area contributed by atoms with E-state index in [1.807, 2.05) is 18.2 Å². The summed E-state index contributed by atoms with van der Waals surface area (Å²) in [7, 11) is 0. The SMILES string of the molecule is CC(=O)CC(NC(=O)OC(C)c1ccccc1)C(=O)O. The lowest BCUT2D eigenvalue weighted by Gasteiger charge is -2.17. The van der Waals surface area contributed by atoms with Gasteiger partial charge in [0.25, 0.3) is 0 Å². The van der Waals surface area contributed by atoms with E-state index in [-0.39, 0.29) is 12.2 Å². The van der Waals surface area contributed by atoms with Crippen LogP contribution in [0.5, 0.6) is 0 Å². The molecule has 108 valence electrons. The van der Waals surface area contributed by atoms with Crippen LogP contribution in [0.15, 0.2) is 30.3 Å². The molecule has 1 amide bonds. The molecule has 2 unspecified atom stereocenters. The molecule has 0 spiro atoms. The molecule has 20 heavy (non-hydrogen) atoms. The summed E-state index contributed by atoms with van der Waals surface area (Å²) in [6.07, 6.45) is -1.65. The van der Waals surface area contributed by atoms with Gasteiger partial charge in [-0.3, -0.25) is 4.79 Å². The molecule has 0 saturated heterocycles. The first-order chi connectivity index (χ1) is 9.40. The first-order valence-electron chi connectivity index (χ1n) is 6.14. The van der Waals surface area contributed by atoms with Crippen molar-refractivity contribution in [3.8, 4) is 0 Å². The van der Waals surface area contributed by atoms with Gasteiger partial charge in [-0.25, -0.2) is 9.59 Å². The smallest absolute Gasteiger partial charge is 0.408 e. The lowest BCUT2D eigenvalue weighted by atomic mass is 10.1. The van der Waals surface area contributed by atoms with Crippen LogP contribution in [0.3, 0.4) is 0 Å². The van der Waals surface area contributed by atoms with Gasteiger partial charge < -0.3 is 15.2 Å². The predicted octanol–water partition coefficient (Wildman–Crippen LogP) is 1.91. The van der Waals surface area contributed by atoms with Gasteiger partial charge in [0.15, 0.2) is 0 Å². The predicted molar refractivity (Wildman–Crippen MR) is 71.2 cm³/mol. The Balaban J connectivity index is 2.57. The quantitative estimate of drug-likeness (QED) is 0.829. The zero-order chi connectivity index (χ0) is 15.1. The Labute approximate surface area is 116 Å². The van der Waals surface area contributed by atoms with Crippen LogP contribution >= 0.6 is 0 Å². The van der Waals surface area contributed by atoms with Crippen molar-refractivity contribution in [1.29, 1.82) is 0 Å². The molecule has 0 aliphatic heterocycles. The highest BCUT2D eigenvalue weighted by Crippen LogP contribution is 2.15. The number of hydrogen-bond acceptors (Lipinski definition) is 4. The molecular weight excluding hydrogens is 262 g/mol. The van der Waals surface area contributed by atoms with E-state index in [4.69, 9.17) is 9.84 Å². The number of Topliss-reactive ketones (excluding diaryl/α,β-unsaturated/α-hetero) is 1. The van der Waals surface area contributed by atoms with Crippen molar-refractivity contribution in [2.45, 2.75) is 32.4 Å². The normalized spacial score (nSPS) is 13.1. The lowest BCUT2D eigenvalue weighted by molar-refractivity contribution is -0.141.